The first-order valence-corrected chi connectivity index (χ1v) is 5.73. The van der Waals surface area contributed by atoms with Crippen molar-refractivity contribution in [3.05, 3.63) is 28.8 Å². The van der Waals surface area contributed by atoms with Crippen molar-refractivity contribution < 1.29 is 15.0 Å². The first-order chi connectivity index (χ1) is 7.65. The Labute approximate surface area is 93.7 Å². The zero-order chi connectivity index (χ0) is 11.3. The number of carbonyl (C=O) groups is 1. The summed E-state index contributed by atoms with van der Waals surface area (Å²) >= 11 is 0. The molecule has 2 aliphatic carbocycles. The summed E-state index contributed by atoms with van der Waals surface area (Å²) in [6, 6.07) is 3.58. The number of aliphatic carboxylic acids is 1. The molecule has 0 radical (unpaired) electrons. The van der Waals surface area contributed by atoms with Gasteiger partial charge in [0.1, 0.15) is 5.75 Å². The van der Waals surface area contributed by atoms with Crippen molar-refractivity contribution in [2.45, 2.75) is 37.5 Å². The fourth-order valence-electron chi connectivity index (χ4n) is 2.88. The summed E-state index contributed by atoms with van der Waals surface area (Å²) in [6.45, 7) is 0. The fraction of sp³-hybridized carbons (Fsp3) is 0.462. The molecule has 3 rings (SSSR count). The van der Waals surface area contributed by atoms with Crippen molar-refractivity contribution >= 4 is 5.97 Å². The summed E-state index contributed by atoms with van der Waals surface area (Å²) in [6.07, 6.45) is 4.31. The molecule has 0 spiro atoms. The zero-order valence-electron chi connectivity index (χ0n) is 8.99. The molecule has 3 nitrogen and oxygen atoms in total. The Morgan fingerprint density at radius 2 is 2.00 bits per heavy atom. The minimum Gasteiger partial charge on any atom is -0.508 e. The van der Waals surface area contributed by atoms with Gasteiger partial charge in [0.05, 0.1) is 5.41 Å². The van der Waals surface area contributed by atoms with E-state index in [1.165, 1.54) is 5.56 Å². The number of aromatic hydroxyl groups is 1. The maximum Gasteiger partial charge on any atom is 0.314 e. The summed E-state index contributed by atoms with van der Waals surface area (Å²) < 4.78 is 0. The molecule has 1 saturated carbocycles. The van der Waals surface area contributed by atoms with Gasteiger partial charge >= 0.3 is 5.97 Å². The number of carboxylic acids is 1. The lowest BCUT2D eigenvalue weighted by Crippen LogP contribution is -2.21. The number of benzene rings is 1. The Kier molecular flexibility index (Phi) is 1.82. The van der Waals surface area contributed by atoms with Crippen molar-refractivity contribution in [2.75, 3.05) is 0 Å². The van der Waals surface area contributed by atoms with Crippen molar-refractivity contribution in [1.82, 2.24) is 0 Å². The van der Waals surface area contributed by atoms with Gasteiger partial charge in [0.15, 0.2) is 0 Å². The second-order valence-corrected chi connectivity index (χ2v) is 4.84. The molecule has 0 bridgehead atoms. The van der Waals surface area contributed by atoms with Gasteiger partial charge < -0.3 is 10.2 Å². The molecular formula is C13H14O3. The van der Waals surface area contributed by atoms with E-state index in [1.54, 1.807) is 6.07 Å². The van der Waals surface area contributed by atoms with E-state index >= 15 is 0 Å². The van der Waals surface area contributed by atoms with E-state index in [1.807, 2.05) is 6.07 Å². The van der Waals surface area contributed by atoms with Gasteiger partial charge in [-0.3, -0.25) is 4.79 Å². The van der Waals surface area contributed by atoms with Crippen LogP contribution in [0.5, 0.6) is 5.75 Å². The molecule has 2 N–H and O–H groups in total. The molecule has 3 heteroatoms. The largest absolute Gasteiger partial charge is 0.508 e. The van der Waals surface area contributed by atoms with Crippen LogP contribution < -0.4 is 0 Å². The Hall–Kier alpha value is -1.51. The van der Waals surface area contributed by atoms with E-state index in [-0.39, 0.29) is 5.75 Å². The van der Waals surface area contributed by atoms with E-state index in [4.69, 9.17) is 0 Å². The van der Waals surface area contributed by atoms with Crippen LogP contribution in [0, 0.1) is 0 Å². The highest BCUT2D eigenvalue weighted by molar-refractivity contribution is 5.87. The second kappa shape index (κ2) is 3.00. The van der Waals surface area contributed by atoms with Crippen molar-refractivity contribution in [3.8, 4) is 5.75 Å². The summed E-state index contributed by atoms with van der Waals surface area (Å²) in [5.41, 5.74) is 2.25. The van der Waals surface area contributed by atoms with Crippen molar-refractivity contribution in [1.29, 1.82) is 0 Å². The zero-order valence-corrected chi connectivity index (χ0v) is 8.99. The predicted octanol–water partition coefficient (Wildman–Crippen LogP) is 2.00. The molecule has 2 aliphatic rings. The SMILES string of the molecule is O=C(O)C1(c2c(O)ccc3c2CCC3)CC1. The van der Waals surface area contributed by atoms with Gasteiger partial charge in [-0.1, -0.05) is 6.07 Å². The van der Waals surface area contributed by atoms with Gasteiger partial charge in [-0.15, -0.1) is 0 Å². The monoisotopic (exact) mass is 218 g/mol. The molecule has 0 saturated heterocycles. The molecule has 1 aromatic carbocycles. The number of carboxylic acid groups (broad SMARTS) is 1. The first-order valence-electron chi connectivity index (χ1n) is 5.73. The smallest absolute Gasteiger partial charge is 0.314 e. The molecule has 16 heavy (non-hydrogen) atoms. The molecular weight excluding hydrogens is 204 g/mol. The van der Waals surface area contributed by atoms with Gasteiger partial charge in [-0.25, -0.2) is 0 Å². The van der Waals surface area contributed by atoms with E-state index in [0.29, 0.717) is 18.4 Å². The van der Waals surface area contributed by atoms with E-state index in [9.17, 15) is 15.0 Å². The quantitative estimate of drug-likeness (QED) is 0.798. The highest BCUT2D eigenvalue weighted by atomic mass is 16.4. The number of phenolic OH excluding ortho intramolecular Hbond substituents is 1. The molecule has 84 valence electrons. The third-order valence-corrected chi connectivity index (χ3v) is 3.90. The number of fused-ring (bicyclic) bond motifs is 1. The molecule has 0 aromatic heterocycles. The van der Waals surface area contributed by atoms with E-state index in [0.717, 1.165) is 24.8 Å². The number of rotatable bonds is 2. The first kappa shape index (κ1) is 9.70. The highest BCUT2D eigenvalue weighted by Gasteiger charge is 2.54. The van der Waals surface area contributed by atoms with Gasteiger partial charge in [0.25, 0.3) is 0 Å². The maximum absolute atomic E-state index is 11.3. The Morgan fingerprint density at radius 3 is 2.62 bits per heavy atom. The molecule has 1 fully saturated rings. The average molecular weight is 218 g/mol. The van der Waals surface area contributed by atoms with Crippen molar-refractivity contribution in [2.24, 2.45) is 0 Å². The van der Waals surface area contributed by atoms with Crippen LogP contribution in [0.3, 0.4) is 0 Å². The van der Waals surface area contributed by atoms with E-state index in [2.05, 4.69) is 0 Å². The summed E-state index contributed by atoms with van der Waals surface area (Å²) in [7, 11) is 0. The maximum atomic E-state index is 11.3. The Balaban J connectivity index is 2.21. The molecule has 0 atom stereocenters. The van der Waals surface area contributed by atoms with Gasteiger partial charge in [0, 0.05) is 5.56 Å². The fourth-order valence-corrected chi connectivity index (χ4v) is 2.88. The van der Waals surface area contributed by atoms with Crippen molar-refractivity contribution in [3.63, 3.8) is 0 Å². The summed E-state index contributed by atoms with van der Waals surface area (Å²) in [5, 5.41) is 19.2. The lowest BCUT2D eigenvalue weighted by atomic mass is 9.88. The summed E-state index contributed by atoms with van der Waals surface area (Å²) in [5.74, 6) is -0.622. The average Bonchev–Trinajstić information content (AvgIpc) is 2.90. The predicted molar refractivity (Wildman–Crippen MR) is 58.7 cm³/mol. The van der Waals surface area contributed by atoms with Crippen LogP contribution in [0.4, 0.5) is 0 Å². The number of hydrogen-bond donors (Lipinski definition) is 2. The van der Waals surface area contributed by atoms with E-state index < -0.39 is 11.4 Å². The normalized spacial score (nSPS) is 20.5. The molecule has 0 unspecified atom stereocenters. The number of aryl methyl sites for hydroxylation is 1. The topological polar surface area (TPSA) is 57.5 Å². The second-order valence-electron chi connectivity index (χ2n) is 4.84. The van der Waals surface area contributed by atoms with Crippen LogP contribution in [0.2, 0.25) is 0 Å². The Morgan fingerprint density at radius 1 is 1.25 bits per heavy atom. The molecule has 0 heterocycles. The van der Waals surface area contributed by atoms with Gasteiger partial charge in [0.2, 0.25) is 0 Å². The minimum absolute atomic E-state index is 0.167. The number of phenols is 1. The van der Waals surface area contributed by atoms with Crippen LogP contribution in [0.25, 0.3) is 0 Å². The van der Waals surface area contributed by atoms with Crippen LogP contribution in [0.15, 0.2) is 12.1 Å². The van der Waals surface area contributed by atoms with Crippen LogP contribution in [-0.4, -0.2) is 16.2 Å². The lowest BCUT2D eigenvalue weighted by molar-refractivity contribution is -0.140. The Bertz CT molecular complexity index is 472. The molecule has 0 aliphatic heterocycles. The minimum atomic E-state index is -0.789. The van der Waals surface area contributed by atoms with Gasteiger partial charge in [-0.2, -0.15) is 0 Å². The third-order valence-electron chi connectivity index (χ3n) is 3.90. The summed E-state index contributed by atoms with van der Waals surface area (Å²) in [4.78, 5) is 11.3. The standard InChI is InChI=1S/C13H14O3/c14-10-5-4-8-2-1-3-9(8)11(10)13(6-7-13)12(15)16/h4-5,14H,1-3,6-7H2,(H,15,16). The van der Waals surface area contributed by atoms with Crippen LogP contribution in [0.1, 0.15) is 36.0 Å². The van der Waals surface area contributed by atoms with Crippen LogP contribution >= 0.6 is 0 Å². The third kappa shape index (κ3) is 1.11. The molecule has 1 aromatic rings. The van der Waals surface area contributed by atoms with Crippen LogP contribution in [-0.2, 0) is 23.1 Å². The molecule has 0 amide bonds. The lowest BCUT2D eigenvalue weighted by Gasteiger charge is -2.16. The highest BCUT2D eigenvalue weighted by Crippen LogP contribution is 2.54. The number of hydrogen-bond acceptors (Lipinski definition) is 2. The van der Waals surface area contributed by atoms with Gasteiger partial charge in [-0.05, 0) is 49.3 Å².